The maximum atomic E-state index is 13.3. The lowest BCUT2D eigenvalue weighted by molar-refractivity contribution is -0.0688. The van der Waals surface area contributed by atoms with Crippen LogP contribution in [-0.2, 0) is 22.9 Å². The normalized spacial score (nSPS) is 19.9. The van der Waals surface area contributed by atoms with Gasteiger partial charge in [-0.1, -0.05) is 12.1 Å². The van der Waals surface area contributed by atoms with Crippen LogP contribution in [0.2, 0.25) is 0 Å². The maximum absolute atomic E-state index is 13.3. The number of halogens is 2. The highest BCUT2D eigenvalue weighted by Gasteiger charge is 2.63. The Morgan fingerprint density at radius 2 is 1.76 bits per heavy atom. The summed E-state index contributed by atoms with van der Waals surface area (Å²) in [7, 11) is -3.83. The lowest BCUT2D eigenvalue weighted by atomic mass is 9.94. The van der Waals surface area contributed by atoms with Crippen LogP contribution >= 0.6 is 0 Å². The van der Waals surface area contributed by atoms with E-state index in [2.05, 4.69) is 5.32 Å². The molecule has 2 heterocycles. The van der Waals surface area contributed by atoms with E-state index in [1.54, 1.807) is 24.3 Å². The van der Waals surface area contributed by atoms with Crippen molar-refractivity contribution in [2.45, 2.75) is 54.7 Å². The van der Waals surface area contributed by atoms with Gasteiger partial charge in [-0.2, -0.15) is 5.26 Å². The van der Waals surface area contributed by atoms with Crippen molar-refractivity contribution in [3.8, 4) is 6.07 Å². The average molecular weight is 531 g/mol. The van der Waals surface area contributed by atoms with E-state index >= 15 is 0 Å². The van der Waals surface area contributed by atoms with E-state index in [4.69, 9.17) is 5.26 Å². The monoisotopic (exact) mass is 530 g/mol. The van der Waals surface area contributed by atoms with Gasteiger partial charge < -0.3 is 14.8 Å². The summed E-state index contributed by atoms with van der Waals surface area (Å²) in [5, 5.41) is 10.4. The van der Waals surface area contributed by atoms with Crippen LogP contribution in [-0.4, -0.2) is 58.7 Å². The SMILES string of the molecule is N#Cc1ccc(CNC(=O)c2ccc3n(c2=O)CCN(CC2(S(=O)(=O)C4CC(F)(F)C4)CC2)C3=O)cc1. The minimum atomic E-state index is -3.83. The third-order valence-electron chi connectivity index (χ3n) is 7.44. The Hall–Kier alpha value is -3.59. The molecule has 2 aliphatic carbocycles. The Morgan fingerprint density at radius 1 is 1.08 bits per heavy atom. The van der Waals surface area contributed by atoms with E-state index in [0.717, 1.165) is 5.56 Å². The molecule has 0 unspecified atom stereocenters. The van der Waals surface area contributed by atoms with Crippen LogP contribution in [0, 0.1) is 11.3 Å². The fourth-order valence-electron chi connectivity index (χ4n) is 4.97. The van der Waals surface area contributed by atoms with E-state index in [1.165, 1.54) is 21.6 Å². The van der Waals surface area contributed by atoms with Gasteiger partial charge in [-0.15, -0.1) is 0 Å². The molecule has 2 aromatic rings. The first-order valence-electron chi connectivity index (χ1n) is 11.9. The summed E-state index contributed by atoms with van der Waals surface area (Å²) in [6.45, 7) is 0.188. The van der Waals surface area contributed by atoms with Crippen molar-refractivity contribution in [2.75, 3.05) is 13.1 Å². The molecule has 1 aromatic heterocycles. The molecule has 2 fully saturated rings. The molecule has 37 heavy (non-hydrogen) atoms. The topological polar surface area (TPSA) is 129 Å². The van der Waals surface area contributed by atoms with Gasteiger partial charge in [0, 0.05) is 39.0 Å². The van der Waals surface area contributed by atoms with Gasteiger partial charge >= 0.3 is 0 Å². The summed E-state index contributed by atoms with van der Waals surface area (Å²) in [5.41, 5.74) is 0.504. The third-order valence-corrected chi connectivity index (χ3v) is 10.4. The van der Waals surface area contributed by atoms with Crippen LogP contribution in [0.1, 0.15) is 57.7 Å². The number of nitriles is 1. The lowest BCUT2D eigenvalue weighted by Crippen LogP contribution is -2.54. The van der Waals surface area contributed by atoms with Gasteiger partial charge in [0.25, 0.3) is 23.3 Å². The van der Waals surface area contributed by atoms with Gasteiger partial charge in [0.05, 0.1) is 21.6 Å². The maximum Gasteiger partial charge on any atom is 0.270 e. The van der Waals surface area contributed by atoms with Gasteiger partial charge in [0.1, 0.15) is 11.3 Å². The number of aromatic nitrogens is 1. The van der Waals surface area contributed by atoms with E-state index in [1.807, 2.05) is 6.07 Å². The van der Waals surface area contributed by atoms with Crippen LogP contribution in [0.4, 0.5) is 8.78 Å². The smallest absolute Gasteiger partial charge is 0.270 e. The van der Waals surface area contributed by atoms with Crippen LogP contribution < -0.4 is 10.9 Å². The van der Waals surface area contributed by atoms with Gasteiger partial charge in [0.15, 0.2) is 9.84 Å². The first-order valence-corrected chi connectivity index (χ1v) is 13.4. The van der Waals surface area contributed by atoms with Crippen molar-refractivity contribution in [1.82, 2.24) is 14.8 Å². The second-order valence-corrected chi connectivity index (χ2v) is 12.5. The van der Waals surface area contributed by atoms with Gasteiger partial charge in [-0.3, -0.25) is 14.4 Å². The minimum Gasteiger partial charge on any atom is -0.348 e. The minimum absolute atomic E-state index is 0.0447. The van der Waals surface area contributed by atoms with E-state index < -0.39 is 56.0 Å². The van der Waals surface area contributed by atoms with Gasteiger partial charge in [-0.25, -0.2) is 17.2 Å². The molecule has 1 aromatic carbocycles. The highest BCUT2D eigenvalue weighted by atomic mass is 32.2. The van der Waals surface area contributed by atoms with Crippen molar-refractivity contribution < 1.29 is 26.8 Å². The number of hydrogen-bond donors (Lipinski definition) is 1. The quantitative estimate of drug-likeness (QED) is 0.582. The summed E-state index contributed by atoms with van der Waals surface area (Å²) in [5.74, 6) is -4.10. The molecule has 0 spiro atoms. The van der Waals surface area contributed by atoms with Crippen molar-refractivity contribution in [3.63, 3.8) is 0 Å². The average Bonchev–Trinajstić information content (AvgIpc) is 3.65. The number of hydrogen-bond acceptors (Lipinski definition) is 6. The van der Waals surface area contributed by atoms with Gasteiger partial charge in [0.2, 0.25) is 0 Å². The molecule has 0 saturated heterocycles. The molecule has 0 atom stereocenters. The van der Waals surface area contributed by atoms with Crippen LogP contribution in [0.5, 0.6) is 0 Å². The summed E-state index contributed by atoms with van der Waals surface area (Å²) in [6.07, 6.45) is -0.739. The molecule has 3 aliphatic rings. The molecular formula is C25H24F2N4O5S. The number of nitrogens with one attached hydrogen (secondary N) is 1. The van der Waals surface area contributed by atoms with Crippen molar-refractivity contribution in [3.05, 3.63) is 69.1 Å². The van der Waals surface area contributed by atoms with E-state index in [-0.39, 0.29) is 37.4 Å². The first kappa shape index (κ1) is 25.1. The van der Waals surface area contributed by atoms with Crippen molar-refractivity contribution in [2.24, 2.45) is 0 Å². The number of benzene rings is 1. The molecule has 194 valence electrons. The predicted molar refractivity (Wildman–Crippen MR) is 128 cm³/mol. The Labute approximate surface area is 211 Å². The Balaban J connectivity index is 1.28. The van der Waals surface area contributed by atoms with E-state index in [9.17, 15) is 31.6 Å². The number of alkyl halides is 2. The molecule has 2 amide bonds. The van der Waals surface area contributed by atoms with Crippen LogP contribution in [0.3, 0.4) is 0 Å². The number of sulfone groups is 1. The summed E-state index contributed by atoms with van der Waals surface area (Å²) >= 11 is 0. The molecule has 0 bridgehead atoms. The highest BCUT2D eigenvalue weighted by molar-refractivity contribution is 7.93. The summed E-state index contributed by atoms with van der Waals surface area (Å²) in [4.78, 5) is 40.1. The van der Waals surface area contributed by atoms with Crippen LogP contribution in [0.25, 0.3) is 0 Å². The zero-order chi connectivity index (χ0) is 26.6. The molecular weight excluding hydrogens is 506 g/mol. The molecule has 9 nitrogen and oxygen atoms in total. The zero-order valence-corrected chi connectivity index (χ0v) is 20.6. The Morgan fingerprint density at radius 3 is 2.35 bits per heavy atom. The van der Waals surface area contributed by atoms with Crippen LogP contribution in [0.15, 0.2) is 41.2 Å². The number of pyridine rings is 1. The fourth-order valence-corrected chi connectivity index (χ4v) is 7.61. The zero-order valence-electron chi connectivity index (χ0n) is 19.7. The predicted octanol–water partition coefficient (Wildman–Crippen LogP) is 1.85. The fraction of sp³-hybridized carbons (Fsp3) is 0.440. The molecule has 1 aliphatic heterocycles. The Bertz CT molecular complexity index is 1480. The van der Waals surface area contributed by atoms with Gasteiger partial charge in [-0.05, 0) is 42.7 Å². The molecule has 0 radical (unpaired) electrons. The molecule has 5 rings (SSSR count). The first-order chi connectivity index (χ1) is 17.5. The number of carbonyl (C=O) groups is 2. The van der Waals surface area contributed by atoms with E-state index in [0.29, 0.717) is 18.4 Å². The highest BCUT2D eigenvalue weighted by Crippen LogP contribution is 2.52. The second-order valence-electron chi connectivity index (χ2n) is 9.92. The number of carbonyl (C=O) groups excluding carboxylic acids is 2. The molecule has 1 N–H and O–H groups in total. The number of fused-ring (bicyclic) bond motifs is 1. The summed E-state index contributed by atoms with van der Waals surface area (Å²) < 4.78 is 52.6. The van der Waals surface area contributed by atoms with Crippen molar-refractivity contribution in [1.29, 1.82) is 5.26 Å². The third kappa shape index (κ3) is 4.41. The lowest BCUT2D eigenvalue weighted by Gasteiger charge is -2.38. The Kier molecular flexibility index (Phi) is 5.94. The standard InChI is InChI=1S/C25H24F2N4O5S/c26-25(27)11-18(12-25)37(35,36)24(7-8-24)15-30-9-10-31-20(23(30)34)6-5-19(22(31)33)21(32)29-14-17-3-1-16(13-28)2-4-17/h1-6,18H,7-12,14-15H2,(H,29,32). The number of amides is 2. The molecule has 2 saturated carbocycles. The largest absolute Gasteiger partial charge is 0.348 e. The van der Waals surface area contributed by atoms with Crippen molar-refractivity contribution >= 4 is 21.7 Å². The number of nitrogens with zero attached hydrogens (tertiary/aromatic N) is 3. The number of rotatable bonds is 7. The molecule has 12 heteroatoms. The summed E-state index contributed by atoms with van der Waals surface area (Å²) in [6, 6.07) is 11.3. The second kappa shape index (κ2) is 8.76.